The molecule has 0 saturated carbocycles. The van der Waals surface area contributed by atoms with Crippen LogP contribution < -0.4 is 0 Å². The van der Waals surface area contributed by atoms with Gasteiger partial charge in [0.15, 0.2) is 9.84 Å². The number of rotatable bonds is 4. The van der Waals surface area contributed by atoms with Crippen LogP contribution in [0.25, 0.3) is 0 Å². The van der Waals surface area contributed by atoms with E-state index in [-0.39, 0.29) is 24.2 Å². The van der Waals surface area contributed by atoms with E-state index >= 15 is 0 Å². The summed E-state index contributed by atoms with van der Waals surface area (Å²) >= 11 is 0. The lowest BCUT2D eigenvalue weighted by molar-refractivity contribution is 0.0740. The Hall–Kier alpha value is -0.170. The second kappa shape index (κ2) is 4.57. The Morgan fingerprint density at radius 3 is 2.43 bits per heavy atom. The van der Waals surface area contributed by atoms with Crippen molar-refractivity contribution in [1.29, 1.82) is 0 Å². The zero-order valence-electron chi connectivity index (χ0n) is 8.26. The zero-order chi connectivity index (χ0) is 10.8. The number of aliphatic hydroxyl groups excluding tert-OH is 2. The summed E-state index contributed by atoms with van der Waals surface area (Å²) in [6, 6.07) is -0.350. The van der Waals surface area contributed by atoms with Gasteiger partial charge in [-0.3, -0.25) is 4.90 Å². The van der Waals surface area contributed by atoms with Crippen LogP contribution in [0.5, 0.6) is 0 Å². The summed E-state index contributed by atoms with van der Waals surface area (Å²) < 4.78 is 22.5. The quantitative estimate of drug-likeness (QED) is 0.604. The van der Waals surface area contributed by atoms with E-state index < -0.39 is 15.9 Å². The number of hydrogen-bond donors (Lipinski definition) is 2. The van der Waals surface area contributed by atoms with Crippen LogP contribution >= 0.6 is 0 Å². The van der Waals surface area contributed by atoms with Crippen molar-refractivity contribution >= 4 is 9.84 Å². The zero-order valence-corrected chi connectivity index (χ0v) is 9.07. The normalized spacial score (nSPS) is 31.1. The van der Waals surface area contributed by atoms with Gasteiger partial charge in [0.05, 0.1) is 30.3 Å². The third-order valence-electron chi connectivity index (χ3n) is 2.56. The number of aliphatic hydroxyl groups is 2. The van der Waals surface area contributed by atoms with Gasteiger partial charge in [0, 0.05) is 6.54 Å². The van der Waals surface area contributed by atoms with Gasteiger partial charge in [0.25, 0.3) is 0 Å². The SMILES string of the molecule is CCN(CCO)[C@@H]1CS(=O)(=O)C[C@H]1O. The van der Waals surface area contributed by atoms with E-state index in [9.17, 15) is 13.5 Å². The largest absolute Gasteiger partial charge is 0.395 e. The predicted octanol–water partition coefficient (Wildman–Crippen LogP) is -1.54. The first-order valence-corrected chi connectivity index (χ1v) is 6.55. The lowest BCUT2D eigenvalue weighted by atomic mass is 10.2. The van der Waals surface area contributed by atoms with Crippen molar-refractivity contribution < 1.29 is 18.6 Å². The fraction of sp³-hybridized carbons (Fsp3) is 1.00. The van der Waals surface area contributed by atoms with Crippen LogP contribution in [0.15, 0.2) is 0 Å². The molecule has 1 heterocycles. The summed E-state index contributed by atoms with van der Waals surface area (Å²) in [5.41, 5.74) is 0. The van der Waals surface area contributed by atoms with Crippen LogP contribution in [0.1, 0.15) is 6.92 Å². The molecule has 2 atom stereocenters. The Morgan fingerprint density at radius 1 is 1.43 bits per heavy atom. The van der Waals surface area contributed by atoms with Crippen molar-refractivity contribution in [3.63, 3.8) is 0 Å². The molecule has 84 valence electrons. The minimum atomic E-state index is -3.09. The predicted molar refractivity (Wildman–Crippen MR) is 52.8 cm³/mol. The van der Waals surface area contributed by atoms with Crippen LogP contribution in [-0.2, 0) is 9.84 Å². The minimum absolute atomic E-state index is 0.00199. The average Bonchev–Trinajstić information content (AvgIpc) is 2.35. The summed E-state index contributed by atoms with van der Waals surface area (Å²) in [6.45, 7) is 2.91. The number of likely N-dealkylation sites (N-methyl/N-ethyl adjacent to an activating group) is 1. The van der Waals surface area contributed by atoms with Gasteiger partial charge in [-0.15, -0.1) is 0 Å². The molecule has 0 spiro atoms. The highest BCUT2D eigenvalue weighted by atomic mass is 32.2. The van der Waals surface area contributed by atoms with Gasteiger partial charge < -0.3 is 10.2 Å². The van der Waals surface area contributed by atoms with Crippen LogP contribution in [0, 0.1) is 0 Å². The van der Waals surface area contributed by atoms with Crippen LogP contribution in [0.3, 0.4) is 0 Å². The lowest BCUT2D eigenvalue weighted by Crippen LogP contribution is -2.44. The molecule has 0 bridgehead atoms. The first kappa shape index (κ1) is 11.9. The molecule has 1 rings (SSSR count). The molecule has 0 aromatic heterocycles. The lowest BCUT2D eigenvalue weighted by Gasteiger charge is -2.27. The Balaban J connectivity index is 2.68. The summed E-state index contributed by atoms with van der Waals surface area (Å²) in [4.78, 5) is 1.80. The van der Waals surface area contributed by atoms with Gasteiger partial charge in [-0.05, 0) is 6.54 Å². The molecule has 5 nitrogen and oxygen atoms in total. The number of sulfone groups is 1. The van der Waals surface area contributed by atoms with Gasteiger partial charge in [-0.2, -0.15) is 0 Å². The van der Waals surface area contributed by atoms with E-state index in [1.165, 1.54) is 0 Å². The maximum atomic E-state index is 11.2. The van der Waals surface area contributed by atoms with Crippen LogP contribution in [0.4, 0.5) is 0 Å². The van der Waals surface area contributed by atoms with E-state index in [0.29, 0.717) is 13.1 Å². The molecule has 0 aromatic carbocycles. The van der Waals surface area contributed by atoms with Crippen molar-refractivity contribution in [3.8, 4) is 0 Å². The van der Waals surface area contributed by atoms with Gasteiger partial charge in [-0.25, -0.2) is 8.42 Å². The van der Waals surface area contributed by atoms with Crippen LogP contribution in [0.2, 0.25) is 0 Å². The molecular formula is C8H17NO4S. The highest BCUT2D eigenvalue weighted by molar-refractivity contribution is 7.91. The highest BCUT2D eigenvalue weighted by Gasteiger charge is 2.39. The van der Waals surface area contributed by atoms with Crippen molar-refractivity contribution in [3.05, 3.63) is 0 Å². The molecule has 1 fully saturated rings. The third kappa shape index (κ3) is 2.66. The van der Waals surface area contributed by atoms with Crippen molar-refractivity contribution in [2.45, 2.75) is 19.1 Å². The smallest absolute Gasteiger partial charge is 0.154 e. The Morgan fingerprint density at radius 2 is 2.07 bits per heavy atom. The highest BCUT2D eigenvalue weighted by Crippen LogP contribution is 2.17. The molecule has 1 aliphatic rings. The average molecular weight is 223 g/mol. The van der Waals surface area contributed by atoms with E-state index in [2.05, 4.69) is 0 Å². The fourth-order valence-corrected chi connectivity index (χ4v) is 3.68. The first-order valence-electron chi connectivity index (χ1n) is 4.73. The molecule has 0 unspecified atom stereocenters. The van der Waals surface area contributed by atoms with Gasteiger partial charge in [0.1, 0.15) is 0 Å². The summed E-state index contributed by atoms with van der Waals surface area (Å²) in [5.74, 6) is -0.151. The fourth-order valence-electron chi connectivity index (χ4n) is 1.85. The van der Waals surface area contributed by atoms with Crippen molar-refractivity contribution in [2.75, 3.05) is 31.2 Å². The molecule has 6 heteroatoms. The van der Waals surface area contributed by atoms with Crippen LogP contribution in [-0.4, -0.2) is 66.9 Å². The molecule has 0 aromatic rings. The molecule has 1 aliphatic heterocycles. The molecule has 0 radical (unpaired) electrons. The molecular weight excluding hydrogens is 206 g/mol. The molecule has 14 heavy (non-hydrogen) atoms. The molecule has 2 N–H and O–H groups in total. The second-order valence-electron chi connectivity index (χ2n) is 3.56. The number of hydrogen-bond acceptors (Lipinski definition) is 5. The maximum absolute atomic E-state index is 11.2. The van der Waals surface area contributed by atoms with Crippen molar-refractivity contribution in [2.24, 2.45) is 0 Å². The summed E-state index contributed by atoms with van der Waals surface area (Å²) in [5, 5.41) is 18.3. The molecule has 0 aliphatic carbocycles. The minimum Gasteiger partial charge on any atom is -0.395 e. The first-order chi connectivity index (χ1) is 6.50. The third-order valence-corrected chi connectivity index (χ3v) is 4.25. The summed E-state index contributed by atoms with van der Waals surface area (Å²) in [6.07, 6.45) is -0.813. The maximum Gasteiger partial charge on any atom is 0.154 e. The van der Waals surface area contributed by atoms with E-state index in [1.54, 1.807) is 4.90 Å². The topological polar surface area (TPSA) is 77.8 Å². The Bertz CT molecular complexity index is 277. The Labute approximate surface area is 84.3 Å². The Kier molecular flexibility index (Phi) is 3.88. The van der Waals surface area contributed by atoms with Crippen molar-refractivity contribution in [1.82, 2.24) is 4.90 Å². The molecule has 1 saturated heterocycles. The molecule has 0 amide bonds. The number of nitrogens with zero attached hydrogens (tertiary/aromatic N) is 1. The van der Waals surface area contributed by atoms with Gasteiger partial charge in [0.2, 0.25) is 0 Å². The van der Waals surface area contributed by atoms with E-state index in [4.69, 9.17) is 5.11 Å². The summed E-state index contributed by atoms with van der Waals surface area (Å²) in [7, 11) is -3.09. The van der Waals surface area contributed by atoms with Gasteiger partial charge >= 0.3 is 0 Å². The van der Waals surface area contributed by atoms with E-state index in [1.807, 2.05) is 6.92 Å². The monoisotopic (exact) mass is 223 g/mol. The standard InChI is InChI=1S/C8H17NO4S/c1-2-9(3-4-10)7-5-14(12,13)6-8(7)11/h7-8,10-11H,2-6H2,1H3/t7-,8-/m1/s1. The second-order valence-corrected chi connectivity index (χ2v) is 5.72. The van der Waals surface area contributed by atoms with E-state index in [0.717, 1.165) is 0 Å². The van der Waals surface area contributed by atoms with Gasteiger partial charge in [-0.1, -0.05) is 6.92 Å².